The van der Waals surface area contributed by atoms with E-state index in [-0.39, 0.29) is 35.9 Å². The highest BCUT2D eigenvalue weighted by atomic mass is 35.5. The van der Waals surface area contributed by atoms with Crippen molar-refractivity contribution in [3.05, 3.63) is 70.8 Å². The van der Waals surface area contributed by atoms with Crippen molar-refractivity contribution >= 4 is 28.6 Å². The zero-order valence-corrected chi connectivity index (χ0v) is 23.7. The first-order valence-corrected chi connectivity index (χ1v) is 14.2. The Kier molecular flexibility index (Phi) is 8.18. The lowest BCUT2D eigenvalue weighted by molar-refractivity contribution is -0.0593. The van der Waals surface area contributed by atoms with Crippen molar-refractivity contribution in [3.63, 3.8) is 0 Å². The van der Waals surface area contributed by atoms with Crippen LogP contribution in [0.15, 0.2) is 42.7 Å². The molecule has 0 aliphatic carbocycles. The summed E-state index contributed by atoms with van der Waals surface area (Å²) in [6, 6.07) is 7.77. The predicted molar refractivity (Wildman–Crippen MR) is 150 cm³/mol. The second-order valence-electron chi connectivity index (χ2n) is 10.5. The Morgan fingerprint density at radius 3 is 2.76 bits per heavy atom. The lowest BCUT2D eigenvalue weighted by atomic mass is 10.0. The van der Waals surface area contributed by atoms with E-state index in [2.05, 4.69) is 31.8 Å². The Balaban J connectivity index is 1.11. The summed E-state index contributed by atoms with van der Waals surface area (Å²) in [6.45, 7) is 4.68. The SMILES string of the molecule is C[C@H]1C[C@@H](Oc2ccnc(COc3ccc(Cl)cn3)n2)CCN1Cc1nc2c(F)cc(C(=O)O)cc2n1C[C@@H]1CCO1. The molecular weight excluding hydrogens is 567 g/mol. The first kappa shape index (κ1) is 28.3. The second-order valence-corrected chi connectivity index (χ2v) is 11.0. The number of imidazole rings is 1. The number of carboxylic acids is 1. The van der Waals surface area contributed by atoms with Gasteiger partial charge in [0.15, 0.2) is 11.6 Å². The van der Waals surface area contributed by atoms with Crippen LogP contribution in [0.1, 0.15) is 48.2 Å². The molecule has 2 aliphatic heterocycles. The van der Waals surface area contributed by atoms with Crippen LogP contribution in [0.25, 0.3) is 11.0 Å². The van der Waals surface area contributed by atoms with E-state index in [9.17, 15) is 14.3 Å². The highest BCUT2D eigenvalue weighted by molar-refractivity contribution is 6.30. The number of carbonyl (C=O) groups is 1. The number of aromatic nitrogens is 5. The molecule has 0 radical (unpaired) electrons. The summed E-state index contributed by atoms with van der Waals surface area (Å²) in [5.41, 5.74) is 0.546. The Hall–Kier alpha value is -3.87. The van der Waals surface area contributed by atoms with E-state index in [4.69, 9.17) is 25.8 Å². The number of benzene rings is 1. The zero-order chi connectivity index (χ0) is 29.2. The van der Waals surface area contributed by atoms with Gasteiger partial charge in [0, 0.05) is 43.7 Å². The van der Waals surface area contributed by atoms with E-state index in [0.29, 0.717) is 53.6 Å². The predicted octanol–water partition coefficient (Wildman–Crippen LogP) is 4.51. The lowest BCUT2D eigenvalue weighted by Crippen LogP contribution is -2.44. The molecule has 4 aromatic rings. The number of ether oxygens (including phenoxy) is 3. The highest BCUT2D eigenvalue weighted by Crippen LogP contribution is 2.28. The van der Waals surface area contributed by atoms with Gasteiger partial charge < -0.3 is 23.9 Å². The number of likely N-dealkylation sites (tertiary alicyclic amines) is 1. The molecular formula is C29H30ClFN6O5. The maximum Gasteiger partial charge on any atom is 0.335 e. The van der Waals surface area contributed by atoms with Crippen LogP contribution in [0.3, 0.4) is 0 Å². The average Bonchev–Trinajstić information content (AvgIpc) is 3.29. The molecule has 1 N–H and O–H groups in total. The first-order chi connectivity index (χ1) is 20.3. The van der Waals surface area contributed by atoms with Crippen LogP contribution in [-0.4, -0.2) is 71.9 Å². The molecule has 42 heavy (non-hydrogen) atoms. The summed E-state index contributed by atoms with van der Waals surface area (Å²) < 4.78 is 34.3. The molecule has 0 saturated carbocycles. The van der Waals surface area contributed by atoms with Crippen LogP contribution in [-0.2, 0) is 24.4 Å². The minimum atomic E-state index is -1.18. The third kappa shape index (κ3) is 6.30. The third-order valence-corrected chi connectivity index (χ3v) is 7.86. The van der Waals surface area contributed by atoms with Gasteiger partial charge in [-0.15, -0.1) is 0 Å². The van der Waals surface area contributed by atoms with Crippen LogP contribution in [0.5, 0.6) is 11.8 Å². The van der Waals surface area contributed by atoms with Gasteiger partial charge in [0.1, 0.15) is 24.1 Å². The summed E-state index contributed by atoms with van der Waals surface area (Å²) >= 11 is 5.87. The van der Waals surface area contributed by atoms with Crippen molar-refractivity contribution in [1.29, 1.82) is 0 Å². The van der Waals surface area contributed by atoms with Crippen molar-refractivity contribution in [1.82, 2.24) is 29.4 Å². The molecule has 3 aromatic heterocycles. The van der Waals surface area contributed by atoms with Gasteiger partial charge in [0.05, 0.1) is 35.3 Å². The summed E-state index contributed by atoms with van der Waals surface area (Å²) in [4.78, 5) is 31.3. The van der Waals surface area contributed by atoms with Gasteiger partial charge in [0.2, 0.25) is 11.8 Å². The maximum atomic E-state index is 14.9. The normalized spacial score (nSPS) is 20.8. The molecule has 5 heterocycles. The Morgan fingerprint density at radius 2 is 2.05 bits per heavy atom. The summed E-state index contributed by atoms with van der Waals surface area (Å²) in [5.74, 6) is 0.243. The fraction of sp³-hybridized carbons (Fsp3) is 0.414. The number of hydrogen-bond acceptors (Lipinski definition) is 9. The first-order valence-electron chi connectivity index (χ1n) is 13.8. The Bertz CT molecular complexity index is 1580. The fourth-order valence-electron chi connectivity index (χ4n) is 5.28. The zero-order valence-electron chi connectivity index (χ0n) is 22.9. The molecule has 3 atom stereocenters. The fourth-order valence-corrected chi connectivity index (χ4v) is 5.39. The van der Waals surface area contributed by atoms with E-state index in [1.807, 2.05) is 4.57 Å². The summed E-state index contributed by atoms with van der Waals surface area (Å²) in [6.07, 6.45) is 5.52. The molecule has 2 aliphatic rings. The van der Waals surface area contributed by atoms with E-state index in [1.165, 1.54) is 12.3 Å². The van der Waals surface area contributed by atoms with E-state index in [0.717, 1.165) is 31.9 Å². The van der Waals surface area contributed by atoms with Gasteiger partial charge in [-0.25, -0.2) is 24.1 Å². The topological polar surface area (TPSA) is 125 Å². The third-order valence-electron chi connectivity index (χ3n) is 7.64. The standard InChI is InChI=1S/C29H30ClFN6O5/c1-17-10-20(42-27-4-7-32-24(34-27)16-41-26-3-2-19(30)13-33-26)5-8-36(17)15-25-35-28-22(31)11-18(29(38)39)12-23(28)37(25)14-21-6-9-40-21/h2-4,7,11-13,17,20-21H,5-6,8-10,14-16H2,1H3,(H,38,39)/t17-,20-,21-/m0/s1. The molecule has 13 heteroatoms. The van der Waals surface area contributed by atoms with Crippen LogP contribution < -0.4 is 9.47 Å². The van der Waals surface area contributed by atoms with Crippen LogP contribution in [0, 0.1) is 5.82 Å². The number of fused-ring (bicyclic) bond motifs is 1. The lowest BCUT2D eigenvalue weighted by Gasteiger charge is -2.37. The van der Waals surface area contributed by atoms with Crippen molar-refractivity contribution in [3.8, 4) is 11.8 Å². The highest BCUT2D eigenvalue weighted by Gasteiger charge is 2.30. The van der Waals surface area contributed by atoms with Gasteiger partial charge >= 0.3 is 5.97 Å². The number of halogens is 2. The van der Waals surface area contributed by atoms with Crippen molar-refractivity contribution in [2.75, 3.05) is 13.2 Å². The molecule has 0 unspecified atom stereocenters. The molecule has 0 amide bonds. The minimum absolute atomic E-state index is 0.000128. The summed E-state index contributed by atoms with van der Waals surface area (Å²) in [7, 11) is 0. The molecule has 220 valence electrons. The van der Waals surface area contributed by atoms with Gasteiger partial charge in [-0.1, -0.05) is 11.6 Å². The molecule has 0 spiro atoms. The van der Waals surface area contributed by atoms with Gasteiger partial charge in [-0.3, -0.25) is 4.90 Å². The monoisotopic (exact) mass is 596 g/mol. The van der Waals surface area contributed by atoms with Crippen LogP contribution in [0.2, 0.25) is 5.02 Å². The van der Waals surface area contributed by atoms with Gasteiger partial charge in [-0.2, -0.15) is 4.98 Å². The number of hydrogen-bond donors (Lipinski definition) is 1. The van der Waals surface area contributed by atoms with E-state index < -0.39 is 11.8 Å². The molecule has 6 rings (SSSR count). The molecule has 0 bridgehead atoms. The Morgan fingerprint density at radius 1 is 1.19 bits per heavy atom. The van der Waals surface area contributed by atoms with Crippen LogP contribution >= 0.6 is 11.6 Å². The summed E-state index contributed by atoms with van der Waals surface area (Å²) in [5, 5.41) is 9.99. The molecule has 2 saturated heterocycles. The number of nitrogens with zero attached hydrogens (tertiary/aromatic N) is 6. The maximum absolute atomic E-state index is 14.9. The molecule has 11 nitrogen and oxygen atoms in total. The smallest absolute Gasteiger partial charge is 0.335 e. The van der Waals surface area contributed by atoms with E-state index >= 15 is 0 Å². The van der Waals surface area contributed by atoms with Crippen molar-refractivity contribution < 1.29 is 28.5 Å². The number of rotatable bonds is 10. The van der Waals surface area contributed by atoms with Crippen molar-refractivity contribution in [2.45, 2.75) is 64.1 Å². The van der Waals surface area contributed by atoms with Crippen LogP contribution in [0.4, 0.5) is 4.39 Å². The van der Waals surface area contributed by atoms with Crippen molar-refractivity contribution in [2.24, 2.45) is 0 Å². The van der Waals surface area contributed by atoms with Gasteiger partial charge in [0.25, 0.3) is 0 Å². The number of pyridine rings is 1. The number of carboxylic acid groups (broad SMARTS) is 1. The Labute approximate surface area is 246 Å². The number of aromatic carboxylic acids is 1. The second kappa shape index (κ2) is 12.2. The van der Waals surface area contributed by atoms with E-state index in [1.54, 1.807) is 24.4 Å². The molecule has 2 fully saturated rings. The minimum Gasteiger partial charge on any atom is -0.478 e. The quantitative estimate of drug-likeness (QED) is 0.279. The number of piperidine rings is 1. The van der Waals surface area contributed by atoms with Gasteiger partial charge in [-0.05, 0) is 44.4 Å². The average molecular weight is 597 g/mol. The largest absolute Gasteiger partial charge is 0.478 e. The molecule has 1 aromatic carbocycles.